The van der Waals surface area contributed by atoms with Crippen molar-refractivity contribution in [3.8, 4) is 0 Å². The molecule has 0 radical (unpaired) electrons. The number of unbranched alkanes of at least 4 members (excludes halogenated alkanes) is 1. The summed E-state index contributed by atoms with van der Waals surface area (Å²) in [5, 5.41) is 7.89. The van der Waals surface area contributed by atoms with Crippen molar-refractivity contribution >= 4 is 40.7 Å². The fourth-order valence-electron chi connectivity index (χ4n) is 2.76. The highest BCUT2D eigenvalue weighted by Gasteiger charge is 2.17. The van der Waals surface area contributed by atoms with Gasteiger partial charge in [-0.2, -0.15) is 5.10 Å². The number of nitrogens with one attached hydrogen (secondary N) is 1. The molecule has 1 amide bonds. The Hall–Kier alpha value is -1.85. The van der Waals surface area contributed by atoms with Crippen molar-refractivity contribution in [3.63, 3.8) is 0 Å². The van der Waals surface area contributed by atoms with Crippen LogP contribution in [0.1, 0.15) is 54.4 Å². The molecule has 1 aromatic carbocycles. The molecule has 0 aliphatic carbocycles. The highest BCUT2D eigenvalue weighted by atomic mass is 35.5. The highest BCUT2D eigenvalue weighted by Crippen LogP contribution is 2.25. The standard InChI is InChI=1S/C19H23Cl2N3O2/c1-4-5-6-15-12(2)23-24(13(15)3)19(26)10-9-18(25)22-17-8-7-14(20)11-16(17)21/h7-8,11H,4-6,9-10H2,1-3H3,(H,22,25). The third kappa shape index (κ3) is 5.08. The smallest absolute Gasteiger partial charge is 0.247 e. The lowest BCUT2D eigenvalue weighted by Gasteiger charge is -2.08. The van der Waals surface area contributed by atoms with E-state index in [9.17, 15) is 9.59 Å². The molecule has 0 spiro atoms. The minimum absolute atomic E-state index is 0.0560. The van der Waals surface area contributed by atoms with Gasteiger partial charge in [-0.15, -0.1) is 0 Å². The van der Waals surface area contributed by atoms with Crippen molar-refractivity contribution < 1.29 is 9.59 Å². The van der Waals surface area contributed by atoms with Crippen molar-refractivity contribution in [2.75, 3.05) is 5.32 Å². The minimum atomic E-state index is -0.282. The maximum absolute atomic E-state index is 12.5. The van der Waals surface area contributed by atoms with Crippen LogP contribution in [0.5, 0.6) is 0 Å². The number of anilines is 1. The second kappa shape index (κ2) is 9.19. The quantitative estimate of drug-likeness (QED) is 0.699. The summed E-state index contributed by atoms with van der Waals surface area (Å²) < 4.78 is 1.42. The third-order valence-electron chi connectivity index (χ3n) is 4.23. The van der Waals surface area contributed by atoms with Crippen LogP contribution in [0.25, 0.3) is 0 Å². The van der Waals surface area contributed by atoms with Crippen molar-refractivity contribution in [2.24, 2.45) is 0 Å². The van der Waals surface area contributed by atoms with Crippen molar-refractivity contribution in [2.45, 2.75) is 52.9 Å². The van der Waals surface area contributed by atoms with Crippen LogP contribution < -0.4 is 5.32 Å². The number of amides is 1. The number of hydrogen-bond donors (Lipinski definition) is 1. The molecule has 0 bridgehead atoms. The molecule has 2 aromatic rings. The normalized spacial score (nSPS) is 10.8. The number of hydrogen-bond acceptors (Lipinski definition) is 3. The van der Waals surface area contributed by atoms with Gasteiger partial charge in [-0.25, -0.2) is 4.68 Å². The summed E-state index contributed by atoms with van der Waals surface area (Å²) in [6.45, 7) is 5.94. The van der Waals surface area contributed by atoms with Gasteiger partial charge in [-0.1, -0.05) is 36.5 Å². The Labute approximate surface area is 163 Å². The van der Waals surface area contributed by atoms with Crippen LogP contribution in [0.15, 0.2) is 18.2 Å². The Balaban J connectivity index is 1.97. The van der Waals surface area contributed by atoms with Crippen molar-refractivity contribution in [1.29, 1.82) is 0 Å². The summed E-state index contributed by atoms with van der Waals surface area (Å²) in [5.41, 5.74) is 3.34. The molecule has 7 heteroatoms. The fraction of sp³-hybridized carbons (Fsp3) is 0.421. The van der Waals surface area contributed by atoms with Gasteiger partial charge >= 0.3 is 0 Å². The predicted octanol–water partition coefficient (Wildman–Crippen LogP) is 5.21. The Morgan fingerprint density at radius 3 is 2.58 bits per heavy atom. The Bertz CT molecular complexity index is 815. The van der Waals surface area contributed by atoms with E-state index in [0.717, 1.165) is 36.2 Å². The molecule has 2 rings (SSSR count). The third-order valence-corrected chi connectivity index (χ3v) is 4.78. The van der Waals surface area contributed by atoms with Crippen LogP contribution in [-0.2, 0) is 11.2 Å². The second-order valence-corrected chi connectivity index (χ2v) is 7.07. The van der Waals surface area contributed by atoms with Gasteiger partial charge in [-0.05, 0) is 50.5 Å². The number of carbonyl (C=O) groups is 2. The largest absolute Gasteiger partial charge is 0.325 e. The molecule has 0 aliphatic heterocycles. The molecule has 140 valence electrons. The second-order valence-electron chi connectivity index (χ2n) is 6.23. The topological polar surface area (TPSA) is 64.0 Å². The minimum Gasteiger partial charge on any atom is -0.325 e. The number of aromatic nitrogens is 2. The molecular weight excluding hydrogens is 373 g/mol. The molecule has 1 N–H and O–H groups in total. The first-order valence-electron chi connectivity index (χ1n) is 8.66. The summed E-state index contributed by atoms with van der Waals surface area (Å²) in [6, 6.07) is 4.82. The molecule has 0 saturated heterocycles. The van der Waals surface area contributed by atoms with Crippen LogP contribution in [0.2, 0.25) is 10.0 Å². The lowest BCUT2D eigenvalue weighted by Crippen LogP contribution is -2.18. The summed E-state index contributed by atoms with van der Waals surface area (Å²) in [4.78, 5) is 24.5. The fourth-order valence-corrected chi connectivity index (χ4v) is 3.22. The zero-order valence-corrected chi connectivity index (χ0v) is 16.7. The summed E-state index contributed by atoms with van der Waals surface area (Å²) in [6.07, 6.45) is 3.20. The maximum atomic E-state index is 12.5. The number of nitrogens with zero attached hydrogens (tertiary/aromatic N) is 2. The molecule has 1 heterocycles. The molecule has 0 saturated carbocycles. The molecule has 0 unspecified atom stereocenters. The molecule has 1 aromatic heterocycles. The highest BCUT2D eigenvalue weighted by molar-refractivity contribution is 6.36. The van der Waals surface area contributed by atoms with Crippen molar-refractivity contribution in [3.05, 3.63) is 45.2 Å². The molecule has 0 atom stereocenters. The summed E-state index contributed by atoms with van der Waals surface area (Å²) in [5.74, 6) is -0.471. The number of carbonyl (C=O) groups excluding carboxylic acids is 2. The molecule has 26 heavy (non-hydrogen) atoms. The van der Waals surface area contributed by atoms with Gasteiger partial charge in [0.1, 0.15) is 0 Å². The average molecular weight is 396 g/mol. The zero-order valence-electron chi connectivity index (χ0n) is 15.2. The van der Waals surface area contributed by atoms with Crippen LogP contribution in [-0.4, -0.2) is 21.6 Å². The Morgan fingerprint density at radius 2 is 1.92 bits per heavy atom. The van der Waals surface area contributed by atoms with Gasteiger partial charge in [0.2, 0.25) is 11.8 Å². The number of aryl methyl sites for hydroxylation is 1. The Kier molecular flexibility index (Phi) is 7.23. The van der Waals surface area contributed by atoms with Gasteiger partial charge in [0, 0.05) is 23.6 Å². The first-order valence-corrected chi connectivity index (χ1v) is 9.42. The zero-order chi connectivity index (χ0) is 19.3. The lowest BCUT2D eigenvalue weighted by molar-refractivity contribution is -0.116. The van der Waals surface area contributed by atoms with Gasteiger partial charge in [-0.3, -0.25) is 9.59 Å². The van der Waals surface area contributed by atoms with Gasteiger partial charge in [0.25, 0.3) is 0 Å². The van der Waals surface area contributed by atoms with Crippen LogP contribution in [0.4, 0.5) is 5.69 Å². The molecule has 0 fully saturated rings. The van der Waals surface area contributed by atoms with E-state index in [4.69, 9.17) is 23.2 Å². The van der Waals surface area contributed by atoms with Gasteiger partial charge in [0.15, 0.2) is 0 Å². The first kappa shape index (κ1) is 20.5. The molecule has 0 aliphatic rings. The number of benzene rings is 1. The van der Waals surface area contributed by atoms with E-state index in [0.29, 0.717) is 15.7 Å². The van der Waals surface area contributed by atoms with E-state index in [2.05, 4.69) is 17.3 Å². The monoisotopic (exact) mass is 395 g/mol. The van der Waals surface area contributed by atoms with Crippen LogP contribution in [0, 0.1) is 13.8 Å². The maximum Gasteiger partial charge on any atom is 0.247 e. The van der Waals surface area contributed by atoms with Crippen LogP contribution >= 0.6 is 23.2 Å². The Morgan fingerprint density at radius 1 is 1.19 bits per heavy atom. The van der Waals surface area contributed by atoms with E-state index < -0.39 is 0 Å². The van der Waals surface area contributed by atoms with Gasteiger partial charge in [0.05, 0.1) is 16.4 Å². The van der Waals surface area contributed by atoms with Crippen LogP contribution in [0.3, 0.4) is 0 Å². The van der Waals surface area contributed by atoms with E-state index in [-0.39, 0.29) is 24.7 Å². The summed E-state index contributed by atoms with van der Waals surface area (Å²) in [7, 11) is 0. The average Bonchev–Trinajstić information content (AvgIpc) is 2.87. The van der Waals surface area contributed by atoms with Crippen molar-refractivity contribution in [1.82, 2.24) is 9.78 Å². The SMILES string of the molecule is CCCCc1c(C)nn(C(=O)CCC(=O)Nc2ccc(Cl)cc2Cl)c1C. The van der Waals surface area contributed by atoms with E-state index in [1.54, 1.807) is 18.2 Å². The van der Waals surface area contributed by atoms with Gasteiger partial charge < -0.3 is 5.32 Å². The molecule has 5 nitrogen and oxygen atoms in total. The predicted molar refractivity (Wildman–Crippen MR) is 105 cm³/mol. The first-order chi connectivity index (χ1) is 12.3. The lowest BCUT2D eigenvalue weighted by atomic mass is 10.1. The number of rotatable bonds is 7. The van der Waals surface area contributed by atoms with E-state index in [1.807, 2.05) is 13.8 Å². The molecular formula is C19H23Cl2N3O2. The van der Waals surface area contributed by atoms with E-state index >= 15 is 0 Å². The number of halogens is 2. The summed E-state index contributed by atoms with van der Waals surface area (Å²) >= 11 is 11.9. The van der Waals surface area contributed by atoms with E-state index in [1.165, 1.54) is 4.68 Å².